The van der Waals surface area contributed by atoms with Gasteiger partial charge in [-0.25, -0.2) is 9.97 Å². The van der Waals surface area contributed by atoms with Gasteiger partial charge in [-0.15, -0.1) is 0 Å². The SMILES string of the molecule is c1ccc(-c2cc(-c3ccc([Si](c4ccccc4)(c4ccccc4)c4ccccc4)cc3)nc(-n3c4ccccc4c4ccc5c(c6ccccc6n5-c5ccccc5)c43)n2)cc1. The molecule has 0 aliphatic carbocycles. The number of aromatic nitrogens is 4. The molecule has 12 rings (SSSR count). The number of rotatable bonds is 8. The van der Waals surface area contributed by atoms with Gasteiger partial charge in [-0.3, -0.25) is 4.57 Å². The maximum absolute atomic E-state index is 5.55. The van der Waals surface area contributed by atoms with Crippen LogP contribution in [-0.4, -0.2) is 27.2 Å². The first-order chi connectivity index (χ1) is 31.3. The number of hydrogen-bond donors (Lipinski definition) is 0. The maximum atomic E-state index is 5.55. The lowest BCUT2D eigenvalue weighted by Crippen LogP contribution is -2.74. The van der Waals surface area contributed by atoms with Crippen LogP contribution in [0.1, 0.15) is 0 Å². The molecule has 0 unspecified atom stereocenters. The van der Waals surface area contributed by atoms with Crippen molar-refractivity contribution in [2.45, 2.75) is 0 Å². The Hall–Kier alpha value is -8.12. The van der Waals surface area contributed by atoms with Crippen molar-refractivity contribution in [1.29, 1.82) is 0 Å². The van der Waals surface area contributed by atoms with Crippen molar-refractivity contribution in [2.75, 3.05) is 0 Å². The van der Waals surface area contributed by atoms with E-state index in [9.17, 15) is 0 Å². The highest BCUT2D eigenvalue weighted by molar-refractivity contribution is 7.19. The number of fused-ring (bicyclic) bond motifs is 7. The molecule has 0 saturated carbocycles. The van der Waals surface area contributed by atoms with Gasteiger partial charge < -0.3 is 4.57 Å². The Morgan fingerprint density at radius 2 is 0.762 bits per heavy atom. The minimum atomic E-state index is -2.71. The van der Waals surface area contributed by atoms with Crippen LogP contribution in [0.5, 0.6) is 0 Å². The van der Waals surface area contributed by atoms with Gasteiger partial charge in [-0.2, -0.15) is 0 Å². The number of benzene rings is 9. The molecular formula is C58H40N4Si. The van der Waals surface area contributed by atoms with Gasteiger partial charge in [0, 0.05) is 38.4 Å². The van der Waals surface area contributed by atoms with Crippen molar-refractivity contribution < 1.29 is 0 Å². The molecule has 4 nitrogen and oxygen atoms in total. The Bertz CT molecular complexity index is 3490. The number of para-hydroxylation sites is 3. The average Bonchev–Trinajstić information content (AvgIpc) is 3.89. The minimum absolute atomic E-state index is 0.632. The zero-order valence-corrected chi connectivity index (χ0v) is 35.4. The summed E-state index contributed by atoms with van der Waals surface area (Å²) >= 11 is 0. The predicted molar refractivity (Wildman–Crippen MR) is 265 cm³/mol. The molecule has 63 heavy (non-hydrogen) atoms. The first-order valence-electron chi connectivity index (χ1n) is 21.5. The van der Waals surface area contributed by atoms with E-state index in [0.29, 0.717) is 5.95 Å². The summed E-state index contributed by atoms with van der Waals surface area (Å²) in [4.78, 5) is 11.0. The molecule has 9 aromatic carbocycles. The Labute approximate surface area is 366 Å². The molecular weight excluding hydrogens is 781 g/mol. The van der Waals surface area contributed by atoms with E-state index in [0.717, 1.165) is 61.0 Å². The van der Waals surface area contributed by atoms with E-state index in [1.54, 1.807) is 0 Å². The van der Waals surface area contributed by atoms with Crippen LogP contribution in [0.3, 0.4) is 0 Å². The average molecular weight is 821 g/mol. The third-order valence-corrected chi connectivity index (χ3v) is 17.5. The molecule has 0 atom stereocenters. The second-order valence-electron chi connectivity index (χ2n) is 16.1. The molecule has 0 N–H and O–H groups in total. The van der Waals surface area contributed by atoms with Gasteiger partial charge in [0.05, 0.1) is 33.5 Å². The fraction of sp³-hybridized carbons (Fsp3) is 0. The quantitative estimate of drug-likeness (QED) is 0.113. The lowest BCUT2D eigenvalue weighted by atomic mass is 10.1. The molecule has 0 spiro atoms. The van der Waals surface area contributed by atoms with Gasteiger partial charge in [0.15, 0.2) is 8.07 Å². The second kappa shape index (κ2) is 15.1. The predicted octanol–water partition coefficient (Wildman–Crippen LogP) is 11.4. The maximum Gasteiger partial charge on any atom is 0.235 e. The highest BCUT2D eigenvalue weighted by atomic mass is 28.3. The van der Waals surface area contributed by atoms with E-state index in [1.165, 1.54) is 31.5 Å². The first kappa shape index (κ1) is 36.7. The molecule has 296 valence electrons. The second-order valence-corrected chi connectivity index (χ2v) is 19.9. The Kier molecular flexibility index (Phi) is 8.80. The van der Waals surface area contributed by atoms with Crippen LogP contribution in [0.4, 0.5) is 0 Å². The molecule has 0 aliphatic heterocycles. The van der Waals surface area contributed by atoms with Gasteiger partial charge in [0.25, 0.3) is 0 Å². The van der Waals surface area contributed by atoms with Gasteiger partial charge >= 0.3 is 0 Å². The lowest BCUT2D eigenvalue weighted by molar-refractivity contribution is 0.998. The largest absolute Gasteiger partial charge is 0.309 e. The monoisotopic (exact) mass is 820 g/mol. The van der Waals surface area contributed by atoms with Crippen LogP contribution in [-0.2, 0) is 0 Å². The van der Waals surface area contributed by atoms with E-state index >= 15 is 0 Å². The van der Waals surface area contributed by atoms with Crippen molar-refractivity contribution in [3.8, 4) is 34.2 Å². The summed E-state index contributed by atoms with van der Waals surface area (Å²) in [5.74, 6) is 0.632. The van der Waals surface area contributed by atoms with Gasteiger partial charge in [-0.1, -0.05) is 206 Å². The van der Waals surface area contributed by atoms with Crippen LogP contribution in [0, 0.1) is 0 Å². The smallest absolute Gasteiger partial charge is 0.235 e. The van der Waals surface area contributed by atoms with E-state index in [-0.39, 0.29) is 0 Å². The molecule has 0 radical (unpaired) electrons. The van der Waals surface area contributed by atoms with Crippen LogP contribution < -0.4 is 20.7 Å². The molecule has 0 amide bonds. The summed E-state index contributed by atoms with van der Waals surface area (Å²) in [6.07, 6.45) is 0. The molecule has 0 fully saturated rings. The Balaban J connectivity index is 1.12. The van der Waals surface area contributed by atoms with E-state index in [1.807, 2.05) is 0 Å². The summed E-state index contributed by atoms with van der Waals surface area (Å²) < 4.78 is 4.68. The number of nitrogens with zero attached hydrogens (tertiary/aromatic N) is 4. The molecule has 0 aliphatic rings. The van der Waals surface area contributed by atoms with Crippen LogP contribution in [0.15, 0.2) is 243 Å². The molecule has 0 bridgehead atoms. The van der Waals surface area contributed by atoms with E-state index < -0.39 is 8.07 Å². The Morgan fingerprint density at radius 3 is 1.33 bits per heavy atom. The zero-order valence-electron chi connectivity index (χ0n) is 34.4. The highest BCUT2D eigenvalue weighted by Crippen LogP contribution is 2.42. The van der Waals surface area contributed by atoms with Crippen molar-refractivity contribution in [3.05, 3.63) is 243 Å². The van der Waals surface area contributed by atoms with Crippen molar-refractivity contribution >= 4 is 72.4 Å². The summed E-state index contributed by atoms with van der Waals surface area (Å²) in [6.45, 7) is 0. The zero-order chi connectivity index (χ0) is 41.7. The third kappa shape index (κ3) is 5.89. The number of hydrogen-bond acceptors (Lipinski definition) is 2. The fourth-order valence-corrected chi connectivity index (χ4v) is 14.7. The Morgan fingerprint density at radius 1 is 0.317 bits per heavy atom. The standard InChI is InChI=1S/C58H40N4Si/c1-6-20-41(21-7-1)51-40-52(42-34-36-47(37-35-42)63(44-24-10-3-11-25-44,45-26-12-4-13-27-45)46-28-14-5-15-29-46)60-58(59-51)62-53-32-18-16-30-48(53)49-38-39-55-56(57(49)62)50-31-17-19-33-54(50)61(55)43-22-8-2-9-23-43/h1-40H. The van der Waals surface area contributed by atoms with Crippen LogP contribution in [0.25, 0.3) is 77.8 Å². The molecule has 3 aromatic heterocycles. The highest BCUT2D eigenvalue weighted by Gasteiger charge is 2.41. The molecule has 3 heterocycles. The summed E-state index contributed by atoms with van der Waals surface area (Å²) in [7, 11) is -2.71. The molecule has 12 aromatic rings. The first-order valence-corrected chi connectivity index (χ1v) is 23.5. The minimum Gasteiger partial charge on any atom is -0.309 e. The van der Waals surface area contributed by atoms with Gasteiger partial charge in [0.2, 0.25) is 5.95 Å². The fourth-order valence-electron chi connectivity index (χ4n) is 9.97. The topological polar surface area (TPSA) is 35.6 Å². The normalized spacial score (nSPS) is 11.8. The van der Waals surface area contributed by atoms with Gasteiger partial charge in [-0.05, 0) is 57.1 Å². The van der Waals surface area contributed by atoms with Crippen molar-refractivity contribution in [2.24, 2.45) is 0 Å². The summed E-state index contributed by atoms with van der Waals surface area (Å²) in [6, 6.07) is 87.7. The summed E-state index contributed by atoms with van der Waals surface area (Å²) in [5.41, 5.74) is 9.37. The molecule has 5 heteroatoms. The van der Waals surface area contributed by atoms with E-state index in [2.05, 4.69) is 252 Å². The van der Waals surface area contributed by atoms with Crippen LogP contribution >= 0.6 is 0 Å². The van der Waals surface area contributed by atoms with Crippen LogP contribution in [0.2, 0.25) is 0 Å². The van der Waals surface area contributed by atoms with Gasteiger partial charge in [0.1, 0.15) is 0 Å². The van der Waals surface area contributed by atoms with Crippen molar-refractivity contribution in [1.82, 2.24) is 19.1 Å². The molecule has 0 saturated heterocycles. The van der Waals surface area contributed by atoms with Crippen molar-refractivity contribution in [3.63, 3.8) is 0 Å². The third-order valence-electron chi connectivity index (χ3n) is 12.7. The summed E-state index contributed by atoms with van der Waals surface area (Å²) in [5, 5.41) is 10.0. The lowest BCUT2D eigenvalue weighted by Gasteiger charge is -2.34. The van der Waals surface area contributed by atoms with E-state index in [4.69, 9.17) is 9.97 Å².